The molecule has 39 heavy (non-hydrogen) atoms. The molecule has 0 saturated carbocycles. The highest BCUT2D eigenvalue weighted by Gasteiger charge is 2.23. The van der Waals surface area contributed by atoms with E-state index in [0.29, 0.717) is 56.1 Å². The molecule has 1 N–H and O–H groups in total. The molecule has 0 aromatic heterocycles. The fraction of sp³-hybridized carbons (Fsp3) is 0.300. The first kappa shape index (κ1) is 27.7. The molecule has 9 heteroatoms. The molecule has 1 heterocycles. The van der Waals surface area contributed by atoms with Crippen LogP contribution in [0.5, 0.6) is 5.75 Å². The zero-order chi connectivity index (χ0) is 27.6. The number of rotatable bonds is 10. The molecule has 0 atom stereocenters. The van der Waals surface area contributed by atoms with E-state index in [2.05, 4.69) is 10.2 Å². The van der Waals surface area contributed by atoms with Crippen LogP contribution in [0.25, 0.3) is 0 Å². The molecule has 0 radical (unpaired) electrons. The van der Waals surface area contributed by atoms with Crippen LogP contribution in [0, 0.1) is 0 Å². The Kier molecular flexibility index (Phi) is 9.53. The second kappa shape index (κ2) is 13.4. The average Bonchev–Trinajstić information content (AvgIpc) is 2.99. The van der Waals surface area contributed by atoms with Gasteiger partial charge in [0.05, 0.1) is 13.7 Å². The number of nitrogens with zero attached hydrogens (tertiary/aromatic N) is 3. The quantitative estimate of drug-likeness (QED) is 0.432. The van der Waals surface area contributed by atoms with Gasteiger partial charge in [0.1, 0.15) is 12.3 Å². The lowest BCUT2D eigenvalue weighted by Crippen LogP contribution is -2.48. The number of ether oxygens (including phenoxy) is 2. The highest BCUT2D eigenvalue weighted by atomic mass is 16.5. The number of methoxy groups -OCH3 is 2. The summed E-state index contributed by atoms with van der Waals surface area (Å²) in [6.45, 7) is 3.23. The van der Waals surface area contributed by atoms with E-state index in [1.807, 2.05) is 35.2 Å². The molecule has 9 nitrogen and oxygen atoms in total. The van der Waals surface area contributed by atoms with Crippen LogP contribution in [0.2, 0.25) is 0 Å². The van der Waals surface area contributed by atoms with Crippen LogP contribution in [-0.2, 0) is 9.53 Å². The molecule has 0 unspecified atom stereocenters. The van der Waals surface area contributed by atoms with Gasteiger partial charge in [-0.05, 0) is 60.7 Å². The Balaban J connectivity index is 1.29. The normalized spacial score (nSPS) is 13.1. The molecule has 204 valence electrons. The van der Waals surface area contributed by atoms with Crippen LogP contribution >= 0.6 is 0 Å². The minimum Gasteiger partial charge on any atom is -0.497 e. The fourth-order valence-electron chi connectivity index (χ4n) is 4.43. The summed E-state index contributed by atoms with van der Waals surface area (Å²) in [5.41, 5.74) is 2.84. The average molecular weight is 531 g/mol. The number of amides is 3. The second-order valence-corrected chi connectivity index (χ2v) is 9.19. The first-order valence-corrected chi connectivity index (χ1v) is 12.9. The fourth-order valence-corrected chi connectivity index (χ4v) is 4.43. The monoisotopic (exact) mass is 530 g/mol. The molecule has 1 aliphatic heterocycles. The Labute approximate surface area is 228 Å². The van der Waals surface area contributed by atoms with Crippen molar-refractivity contribution in [1.82, 2.24) is 9.80 Å². The predicted octanol–water partition coefficient (Wildman–Crippen LogP) is 3.38. The summed E-state index contributed by atoms with van der Waals surface area (Å²) >= 11 is 0. The zero-order valence-electron chi connectivity index (χ0n) is 22.3. The van der Waals surface area contributed by atoms with Crippen molar-refractivity contribution in [1.29, 1.82) is 0 Å². The highest BCUT2D eigenvalue weighted by molar-refractivity contribution is 5.99. The van der Waals surface area contributed by atoms with Crippen LogP contribution in [0.3, 0.4) is 0 Å². The van der Waals surface area contributed by atoms with E-state index in [0.717, 1.165) is 11.4 Å². The lowest BCUT2D eigenvalue weighted by molar-refractivity contribution is -0.117. The lowest BCUT2D eigenvalue weighted by Gasteiger charge is -2.36. The molecule has 0 aliphatic carbocycles. The van der Waals surface area contributed by atoms with Gasteiger partial charge >= 0.3 is 0 Å². The molecule has 4 rings (SSSR count). The molecule has 0 bridgehead atoms. The molecule has 1 aliphatic rings. The zero-order valence-corrected chi connectivity index (χ0v) is 22.3. The smallest absolute Gasteiger partial charge is 0.254 e. The summed E-state index contributed by atoms with van der Waals surface area (Å²) < 4.78 is 10.3. The Morgan fingerprint density at radius 2 is 1.49 bits per heavy atom. The van der Waals surface area contributed by atoms with Crippen LogP contribution < -0.4 is 15.0 Å². The van der Waals surface area contributed by atoms with Gasteiger partial charge in [0.2, 0.25) is 5.91 Å². The Morgan fingerprint density at radius 1 is 0.821 bits per heavy atom. The Hall–Kier alpha value is -4.37. The van der Waals surface area contributed by atoms with Crippen LogP contribution in [0.1, 0.15) is 20.7 Å². The van der Waals surface area contributed by atoms with Crippen molar-refractivity contribution in [2.75, 3.05) is 70.3 Å². The third-order valence-electron chi connectivity index (χ3n) is 6.63. The number of anilines is 2. The van der Waals surface area contributed by atoms with Crippen molar-refractivity contribution < 1.29 is 23.9 Å². The van der Waals surface area contributed by atoms with Gasteiger partial charge in [-0.15, -0.1) is 0 Å². The minimum absolute atomic E-state index is 0.0145. The summed E-state index contributed by atoms with van der Waals surface area (Å²) in [5.74, 6) is 0.234. The molecular weight excluding hydrogens is 496 g/mol. The molecule has 0 spiro atoms. The molecule has 1 fully saturated rings. The number of benzene rings is 3. The maximum atomic E-state index is 12.9. The summed E-state index contributed by atoms with van der Waals surface area (Å²) in [5, 5.41) is 2.88. The molecule has 1 saturated heterocycles. The number of piperazine rings is 1. The first-order chi connectivity index (χ1) is 19.0. The summed E-state index contributed by atoms with van der Waals surface area (Å²) in [7, 11) is 3.16. The van der Waals surface area contributed by atoms with Gasteiger partial charge in [-0.25, -0.2) is 0 Å². The third kappa shape index (κ3) is 7.36. The van der Waals surface area contributed by atoms with Crippen molar-refractivity contribution in [2.45, 2.75) is 0 Å². The van der Waals surface area contributed by atoms with E-state index < -0.39 is 0 Å². The predicted molar refractivity (Wildman–Crippen MR) is 150 cm³/mol. The maximum absolute atomic E-state index is 12.9. The summed E-state index contributed by atoms with van der Waals surface area (Å²) in [4.78, 5) is 44.0. The van der Waals surface area contributed by atoms with Gasteiger partial charge in [-0.3, -0.25) is 14.4 Å². The van der Waals surface area contributed by atoms with Crippen molar-refractivity contribution in [3.63, 3.8) is 0 Å². The second-order valence-electron chi connectivity index (χ2n) is 9.19. The topological polar surface area (TPSA) is 91.4 Å². The number of hydrogen-bond donors (Lipinski definition) is 1. The van der Waals surface area contributed by atoms with Crippen molar-refractivity contribution in [2.24, 2.45) is 0 Å². The van der Waals surface area contributed by atoms with E-state index in [-0.39, 0.29) is 24.3 Å². The van der Waals surface area contributed by atoms with Crippen LogP contribution in [0.4, 0.5) is 11.4 Å². The van der Waals surface area contributed by atoms with E-state index in [1.54, 1.807) is 62.8 Å². The third-order valence-corrected chi connectivity index (χ3v) is 6.63. The van der Waals surface area contributed by atoms with Gasteiger partial charge in [0, 0.05) is 62.3 Å². The number of carbonyl (C=O) groups is 3. The van der Waals surface area contributed by atoms with E-state index in [9.17, 15) is 14.4 Å². The van der Waals surface area contributed by atoms with Crippen LogP contribution in [-0.4, -0.2) is 87.6 Å². The van der Waals surface area contributed by atoms with Crippen LogP contribution in [0.15, 0.2) is 78.9 Å². The SMILES string of the molecule is COCCN(CC(=O)Nc1ccc(N2CCN(C(=O)c3ccc(OC)cc3)CC2)cc1)C(=O)c1ccccc1. The summed E-state index contributed by atoms with van der Waals surface area (Å²) in [6, 6.07) is 23.7. The summed E-state index contributed by atoms with van der Waals surface area (Å²) in [6.07, 6.45) is 0. The largest absolute Gasteiger partial charge is 0.497 e. The van der Waals surface area contributed by atoms with Gasteiger partial charge < -0.3 is 29.5 Å². The molecular formula is C30H34N4O5. The standard InChI is InChI=1S/C30H34N4O5/c1-38-21-20-34(30(37)23-6-4-3-5-7-23)22-28(35)31-25-10-12-26(13-11-25)32-16-18-33(19-17-32)29(36)24-8-14-27(39-2)15-9-24/h3-15H,16-22H2,1-2H3,(H,31,35). The van der Waals surface area contributed by atoms with E-state index >= 15 is 0 Å². The first-order valence-electron chi connectivity index (χ1n) is 12.9. The minimum atomic E-state index is -0.284. The van der Waals surface area contributed by atoms with Gasteiger partial charge in [0.15, 0.2) is 0 Å². The van der Waals surface area contributed by atoms with Crippen molar-refractivity contribution >= 4 is 29.1 Å². The Bertz CT molecular complexity index is 1240. The van der Waals surface area contributed by atoms with Gasteiger partial charge in [0.25, 0.3) is 11.8 Å². The van der Waals surface area contributed by atoms with Gasteiger partial charge in [-0.2, -0.15) is 0 Å². The number of hydrogen-bond acceptors (Lipinski definition) is 6. The van der Waals surface area contributed by atoms with E-state index in [4.69, 9.17) is 9.47 Å². The lowest BCUT2D eigenvalue weighted by atomic mass is 10.1. The molecule has 3 amide bonds. The van der Waals surface area contributed by atoms with Crippen molar-refractivity contribution in [3.05, 3.63) is 90.0 Å². The van der Waals surface area contributed by atoms with E-state index in [1.165, 1.54) is 4.90 Å². The molecule has 3 aromatic rings. The number of nitrogens with one attached hydrogen (secondary N) is 1. The highest BCUT2D eigenvalue weighted by Crippen LogP contribution is 2.21. The van der Waals surface area contributed by atoms with Crippen molar-refractivity contribution in [3.8, 4) is 5.75 Å². The maximum Gasteiger partial charge on any atom is 0.254 e. The number of carbonyl (C=O) groups excluding carboxylic acids is 3. The molecule has 3 aromatic carbocycles. The van der Waals surface area contributed by atoms with Gasteiger partial charge in [-0.1, -0.05) is 18.2 Å². The Morgan fingerprint density at radius 3 is 2.10 bits per heavy atom.